The van der Waals surface area contributed by atoms with Crippen molar-refractivity contribution < 1.29 is 0 Å². The van der Waals surface area contributed by atoms with Crippen molar-refractivity contribution in [1.29, 1.82) is 0 Å². The van der Waals surface area contributed by atoms with Gasteiger partial charge in [0.25, 0.3) is 0 Å². The molecular weight excluding hydrogens is 214 g/mol. The highest BCUT2D eigenvalue weighted by molar-refractivity contribution is 9.10. The van der Waals surface area contributed by atoms with Crippen LogP contribution in [-0.2, 0) is 0 Å². The number of aromatic nitrogens is 1. The van der Waals surface area contributed by atoms with Gasteiger partial charge in [-0.1, -0.05) is 11.6 Å². The summed E-state index contributed by atoms with van der Waals surface area (Å²) in [5.74, 6) is 0. The minimum atomic E-state index is 1.03. The molecule has 0 amide bonds. The summed E-state index contributed by atoms with van der Waals surface area (Å²) in [7, 11) is 0. The van der Waals surface area contributed by atoms with Crippen LogP contribution in [0.15, 0.2) is 34.9 Å². The van der Waals surface area contributed by atoms with Crippen molar-refractivity contribution in [3.8, 4) is 0 Å². The second-order valence-corrected chi connectivity index (χ2v) is 3.77. The molecule has 0 radical (unpaired) electrons. The summed E-state index contributed by atoms with van der Waals surface area (Å²) in [6.07, 6.45) is 1.82. The maximum absolute atomic E-state index is 4.27. The first kappa shape index (κ1) is 7.74. The summed E-state index contributed by atoms with van der Waals surface area (Å²) in [4.78, 5) is 4.27. The third-order valence-corrected chi connectivity index (χ3v) is 2.24. The molecule has 0 saturated heterocycles. The van der Waals surface area contributed by atoms with Crippen LogP contribution in [0.1, 0.15) is 5.56 Å². The Balaban J connectivity index is 2.80. The van der Waals surface area contributed by atoms with Gasteiger partial charge in [0.2, 0.25) is 0 Å². The van der Waals surface area contributed by atoms with Crippen molar-refractivity contribution in [1.82, 2.24) is 4.98 Å². The van der Waals surface area contributed by atoms with Crippen molar-refractivity contribution in [2.24, 2.45) is 0 Å². The van der Waals surface area contributed by atoms with Crippen molar-refractivity contribution in [2.45, 2.75) is 6.92 Å². The molecule has 2 aromatic rings. The Morgan fingerprint density at radius 3 is 2.92 bits per heavy atom. The maximum Gasteiger partial charge on any atom is 0.0703 e. The van der Waals surface area contributed by atoms with Crippen molar-refractivity contribution in [3.63, 3.8) is 0 Å². The van der Waals surface area contributed by atoms with Gasteiger partial charge in [0, 0.05) is 16.1 Å². The first-order valence-electron chi connectivity index (χ1n) is 3.77. The summed E-state index contributed by atoms with van der Waals surface area (Å²) in [5.41, 5.74) is 2.31. The molecule has 0 aliphatic heterocycles. The lowest BCUT2D eigenvalue weighted by atomic mass is 10.1. The third kappa shape index (κ3) is 1.34. The molecule has 0 saturated carbocycles. The Kier molecular flexibility index (Phi) is 1.85. The standard InChI is InChI=1S/C10H8BrN/c1-7-2-3-10-8(4-7)5-9(11)6-12-10/h2-6H,1H3. The zero-order chi connectivity index (χ0) is 8.55. The number of aryl methyl sites for hydroxylation is 1. The van der Waals surface area contributed by atoms with Gasteiger partial charge in [0.05, 0.1) is 5.52 Å². The second kappa shape index (κ2) is 2.87. The molecule has 2 rings (SSSR count). The third-order valence-electron chi connectivity index (χ3n) is 1.80. The van der Waals surface area contributed by atoms with E-state index < -0.39 is 0 Å². The molecule has 1 aromatic carbocycles. The molecule has 1 heterocycles. The first-order valence-corrected chi connectivity index (χ1v) is 4.57. The van der Waals surface area contributed by atoms with Crippen LogP contribution >= 0.6 is 15.9 Å². The van der Waals surface area contributed by atoms with Crippen LogP contribution in [0.25, 0.3) is 10.9 Å². The second-order valence-electron chi connectivity index (χ2n) is 2.85. The molecule has 0 unspecified atom stereocenters. The molecule has 0 aliphatic carbocycles. The molecule has 0 bridgehead atoms. The molecule has 12 heavy (non-hydrogen) atoms. The molecule has 1 nitrogen and oxygen atoms in total. The fourth-order valence-electron chi connectivity index (χ4n) is 1.22. The summed E-state index contributed by atoms with van der Waals surface area (Å²) >= 11 is 3.39. The Morgan fingerprint density at radius 2 is 2.08 bits per heavy atom. The Bertz CT molecular complexity index is 386. The van der Waals surface area contributed by atoms with Gasteiger partial charge in [-0.25, -0.2) is 0 Å². The van der Waals surface area contributed by atoms with Gasteiger partial charge in [0.1, 0.15) is 0 Å². The minimum absolute atomic E-state index is 1.03. The highest BCUT2D eigenvalue weighted by atomic mass is 79.9. The predicted molar refractivity (Wildman–Crippen MR) is 54.2 cm³/mol. The zero-order valence-electron chi connectivity index (χ0n) is 6.71. The van der Waals surface area contributed by atoms with Crippen LogP contribution in [0.3, 0.4) is 0 Å². The van der Waals surface area contributed by atoms with Gasteiger partial charge in [-0.3, -0.25) is 4.98 Å². The quantitative estimate of drug-likeness (QED) is 0.666. The lowest BCUT2D eigenvalue weighted by Crippen LogP contribution is -1.79. The van der Waals surface area contributed by atoms with E-state index in [1.807, 2.05) is 12.3 Å². The molecule has 2 heteroatoms. The average Bonchev–Trinajstić information content (AvgIpc) is 2.03. The van der Waals surface area contributed by atoms with Gasteiger partial charge in [-0.2, -0.15) is 0 Å². The monoisotopic (exact) mass is 221 g/mol. The van der Waals surface area contributed by atoms with Crippen molar-refractivity contribution in [3.05, 3.63) is 40.5 Å². The van der Waals surface area contributed by atoms with E-state index in [2.05, 4.69) is 46.0 Å². The number of rotatable bonds is 0. The van der Waals surface area contributed by atoms with Crippen LogP contribution in [0.5, 0.6) is 0 Å². The summed E-state index contributed by atoms with van der Waals surface area (Å²) in [5, 5.41) is 1.18. The molecule has 0 aliphatic rings. The Hall–Kier alpha value is -0.890. The van der Waals surface area contributed by atoms with E-state index in [1.165, 1.54) is 10.9 Å². The number of pyridine rings is 1. The summed E-state index contributed by atoms with van der Waals surface area (Å²) in [6.45, 7) is 2.08. The van der Waals surface area contributed by atoms with E-state index in [-0.39, 0.29) is 0 Å². The highest BCUT2D eigenvalue weighted by Gasteiger charge is 1.94. The van der Waals surface area contributed by atoms with Crippen LogP contribution < -0.4 is 0 Å². The molecule has 0 N–H and O–H groups in total. The van der Waals surface area contributed by atoms with Crippen molar-refractivity contribution in [2.75, 3.05) is 0 Å². The fourth-order valence-corrected chi connectivity index (χ4v) is 1.57. The number of halogens is 1. The smallest absolute Gasteiger partial charge is 0.0703 e. The SMILES string of the molecule is Cc1ccc2ncc(Br)cc2c1. The highest BCUT2D eigenvalue weighted by Crippen LogP contribution is 2.17. The van der Waals surface area contributed by atoms with E-state index in [0.29, 0.717) is 0 Å². The zero-order valence-corrected chi connectivity index (χ0v) is 8.30. The summed E-state index contributed by atoms with van der Waals surface area (Å²) < 4.78 is 1.03. The van der Waals surface area contributed by atoms with Crippen LogP contribution in [0.4, 0.5) is 0 Å². The van der Waals surface area contributed by atoms with Crippen molar-refractivity contribution >= 4 is 26.8 Å². The lowest BCUT2D eigenvalue weighted by molar-refractivity contribution is 1.38. The topological polar surface area (TPSA) is 12.9 Å². The number of hydrogen-bond acceptors (Lipinski definition) is 1. The summed E-state index contributed by atoms with van der Waals surface area (Å²) in [6, 6.07) is 8.32. The van der Waals surface area contributed by atoms with E-state index in [9.17, 15) is 0 Å². The molecule has 1 aromatic heterocycles. The molecule has 0 spiro atoms. The Morgan fingerprint density at radius 1 is 1.25 bits per heavy atom. The van der Waals surface area contributed by atoms with Gasteiger partial charge < -0.3 is 0 Å². The van der Waals surface area contributed by atoms with E-state index >= 15 is 0 Å². The van der Waals surface area contributed by atoms with E-state index in [0.717, 1.165) is 9.99 Å². The molecular formula is C10H8BrN. The number of fused-ring (bicyclic) bond motifs is 1. The lowest BCUT2D eigenvalue weighted by Gasteiger charge is -1.98. The molecule has 60 valence electrons. The average molecular weight is 222 g/mol. The largest absolute Gasteiger partial charge is 0.255 e. The normalized spacial score (nSPS) is 10.5. The maximum atomic E-state index is 4.27. The molecule has 0 fully saturated rings. The predicted octanol–water partition coefficient (Wildman–Crippen LogP) is 3.31. The number of benzene rings is 1. The van der Waals surface area contributed by atoms with Crippen LogP contribution in [0, 0.1) is 6.92 Å². The fraction of sp³-hybridized carbons (Fsp3) is 0.100. The van der Waals surface area contributed by atoms with Gasteiger partial charge >= 0.3 is 0 Å². The van der Waals surface area contributed by atoms with E-state index in [4.69, 9.17) is 0 Å². The van der Waals surface area contributed by atoms with Crippen LogP contribution in [0.2, 0.25) is 0 Å². The van der Waals surface area contributed by atoms with Gasteiger partial charge in [-0.15, -0.1) is 0 Å². The Labute approximate surface area is 79.6 Å². The molecule has 0 atom stereocenters. The first-order chi connectivity index (χ1) is 5.75. The van der Waals surface area contributed by atoms with Gasteiger partial charge in [-0.05, 0) is 41.1 Å². The van der Waals surface area contributed by atoms with Gasteiger partial charge in [0.15, 0.2) is 0 Å². The van der Waals surface area contributed by atoms with Crippen LogP contribution in [-0.4, -0.2) is 4.98 Å². The number of nitrogens with zero attached hydrogens (tertiary/aromatic N) is 1. The minimum Gasteiger partial charge on any atom is -0.255 e. The number of hydrogen-bond donors (Lipinski definition) is 0. The van der Waals surface area contributed by atoms with E-state index in [1.54, 1.807) is 0 Å².